The number of ether oxygens (including phenoxy) is 2. The zero-order chi connectivity index (χ0) is 24.4. The Labute approximate surface area is 191 Å². The van der Waals surface area contributed by atoms with Crippen LogP contribution in [0.3, 0.4) is 0 Å². The third kappa shape index (κ3) is 8.51. The van der Waals surface area contributed by atoms with Crippen LogP contribution >= 0.6 is 0 Å². The van der Waals surface area contributed by atoms with Crippen LogP contribution in [0.5, 0.6) is 0 Å². The van der Waals surface area contributed by atoms with E-state index in [2.05, 4.69) is 10.6 Å². The van der Waals surface area contributed by atoms with Crippen molar-refractivity contribution in [2.75, 3.05) is 19.7 Å². The molecule has 0 radical (unpaired) electrons. The van der Waals surface area contributed by atoms with Crippen molar-refractivity contribution < 1.29 is 28.7 Å². The van der Waals surface area contributed by atoms with E-state index in [4.69, 9.17) is 9.47 Å². The van der Waals surface area contributed by atoms with Crippen LogP contribution in [-0.4, -0.2) is 65.7 Å². The lowest BCUT2D eigenvalue weighted by atomic mass is 9.91. The van der Waals surface area contributed by atoms with Crippen molar-refractivity contribution >= 4 is 23.9 Å². The molecule has 1 aliphatic rings. The normalized spacial score (nSPS) is 22.4. The first kappa shape index (κ1) is 27.5. The van der Waals surface area contributed by atoms with Crippen molar-refractivity contribution in [3.8, 4) is 0 Å². The Morgan fingerprint density at radius 3 is 2.53 bits per heavy atom. The van der Waals surface area contributed by atoms with Gasteiger partial charge in [0.15, 0.2) is 0 Å². The molecule has 32 heavy (non-hydrogen) atoms. The van der Waals surface area contributed by atoms with Crippen LogP contribution in [0.4, 0.5) is 4.79 Å². The van der Waals surface area contributed by atoms with Gasteiger partial charge in [-0.15, -0.1) is 0 Å². The lowest BCUT2D eigenvalue weighted by Crippen LogP contribution is -2.62. The summed E-state index contributed by atoms with van der Waals surface area (Å²) in [6, 6.07) is -0.820. The summed E-state index contributed by atoms with van der Waals surface area (Å²) in [5.74, 6) is -1.31. The van der Waals surface area contributed by atoms with Crippen LogP contribution in [0.1, 0.15) is 73.6 Å². The van der Waals surface area contributed by atoms with E-state index >= 15 is 0 Å². The van der Waals surface area contributed by atoms with Gasteiger partial charge >= 0.3 is 12.1 Å². The Kier molecular flexibility index (Phi) is 10.7. The van der Waals surface area contributed by atoms with Crippen molar-refractivity contribution in [1.29, 1.82) is 0 Å². The number of unbranched alkanes of at least 4 members (excludes halogenated alkanes) is 1. The number of esters is 1. The molecular formula is C23H39N3O6. The van der Waals surface area contributed by atoms with E-state index in [9.17, 15) is 19.2 Å². The summed E-state index contributed by atoms with van der Waals surface area (Å²) in [6.45, 7) is 10.9. The van der Waals surface area contributed by atoms with Gasteiger partial charge in [-0.05, 0) is 60.3 Å². The van der Waals surface area contributed by atoms with E-state index < -0.39 is 41.1 Å². The zero-order valence-corrected chi connectivity index (χ0v) is 20.3. The molecule has 0 unspecified atom stereocenters. The Bertz CT molecular complexity index is 700. The first-order chi connectivity index (χ1) is 14.9. The van der Waals surface area contributed by atoms with Gasteiger partial charge in [-0.1, -0.05) is 25.5 Å². The molecule has 1 heterocycles. The number of alkyl carbamates (subject to hydrolysis) is 1. The molecule has 0 saturated carbocycles. The van der Waals surface area contributed by atoms with E-state index in [0.717, 1.165) is 6.42 Å². The third-order valence-electron chi connectivity index (χ3n) is 5.12. The van der Waals surface area contributed by atoms with Gasteiger partial charge in [0.1, 0.15) is 23.7 Å². The van der Waals surface area contributed by atoms with Crippen molar-refractivity contribution in [2.45, 2.75) is 90.8 Å². The number of carbonyl (C=O) groups excluding carboxylic acids is 4. The molecule has 0 aromatic carbocycles. The third-order valence-corrected chi connectivity index (χ3v) is 5.12. The number of amides is 3. The highest BCUT2D eigenvalue weighted by Gasteiger charge is 2.43. The number of hydrogen-bond donors (Lipinski definition) is 2. The molecular weight excluding hydrogens is 414 g/mol. The molecule has 0 fully saturated rings. The van der Waals surface area contributed by atoms with Gasteiger partial charge in [0, 0.05) is 6.54 Å². The molecule has 0 saturated heterocycles. The lowest BCUT2D eigenvalue weighted by Gasteiger charge is -2.40. The zero-order valence-electron chi connectivity index (χ0n) is 20.3. The van der Waals surface area contributed by atoms with Gasteiger partial charge < -0.3 is 25.0 Å². The van der Waals surface area contributed by atoms with E-state index in [1.807, 2.05) is 19.1 Å². The van der Waals surface area contributed by atoms with Gasteiger partial charge in [0.05, 0.1) is 6.61 Å². The Morgan fingerprint density at radius 1 is 1.25 bits per heavy atom. The summed E-state index contributed by atoms with van der Waals surface area (Å²) in [4.78, 5) is 52.3. The van der Waals surface area contributed by atoms with E-state index in [1.165, 1.54) is 4.90 Å². The first-order valence-electron chi connectivity index (χ1n) is 11.3. The Hall–Kier alpha value is -2.58. The summed E-state index contributed by atoms with van der Waals surface area (Å²) in [5, 5.41) is 5.25. The van der Waals surface area contributed by atoms with Gasteiger partial charge in [0.25, 0.3) is 0 Å². The maximum atomic E-state index is 13.3. The molecule has 2 atom stereocenters. The lowest BCUT2D eigenvalue weighted by molar-refractivity contribution is -0.151. The van der Waals surface area contributed by atoms with Crippen LogP contribution in [0, 0.1) is 0 Å². The number of rotatable bonds is 8. The molecule has 0 aromatic heterocycles. The van der Waals surface area contributed by atoms with Gasteiger partial charge in [-0.25, -0.2) is 9.59 Å². The fourth-order valence-electron chi connectivity index (χ4n) is 3.38. The summed E-state index contributed by atoms with van der Waals surface area (Å²) in [7, 11) is 0. The number of nitrogens with zero attached hydrogens (tertiary/aromatic N) is 1. The minimum absolute atomic E-state index is 0.212. The SMILES string of the molecule is CCCCN(C(=O)CNC(=O)OC(C)(C)C)[C@@]1(C)CC/C=C\C[C@H](C(=O)OCC)NC1=O. The highest BCUT2D eigenvalue weighted by atomic mass is 16.6. The molecule has 3 amide bonds. The largest absolute Gasteiger partial charge is 0.464 e. The molecule has 1 rings (SSSR count). The van der Waals surface area contributed by atoms with Crippen molar-refractivity contribution in [3.05, 3.63) is 12.2 Å². The van der Waals surface area contributed by atoms with Crippen molar-refractivity contribution in [3.63, 3.8) is 0 Å². The monoisotopic (exact) mass is 453 g/mol. The quantitative estimate of drug-likeness (QED) is 0.431. The molecule has 0 aliphatic carbocycles. The first-order valence-corrected chi connectivity index (χ1v) is 11.3. The minimum Gasteiger partial charge on any atom is -0.464 e. The maximum Gasteiger partial charge on any atom is 0.408 e. The van der Waals surface area contributed by atoms with Crippen molar-refractivity contribution in [1.82, 2.24) is 15.5 Å². The average Bonchev–Trinajstić information content (AvgIpc) is 2.76. The second-order valence-corrected chi connectivity index (χ2v) is 9.05. The molecule has 0 spiro atoms. The summed E-state index contributed by atoms with van der Waals surface area (Å²) >= 11 is 0. The van der Waals surface area contributed by atoms with Crippen LogP contribution in [0.15, 0.2) is 12.2 Å². The number of hydrogen-bond acceptors (Lipinski definition) is 6. The molecule has 182 valence electrons. The standard InChI is InChI=1S/C23H39N3O6/c1-7-9-15-26(18(27)16-24-21(30)32-22(3,4)5)23(6)14-12-10-11-13-17(25-20(23)29)19(28)31-8-2/h10-11,17H,7-9,12-16H2,1-6H3,(H,24,30)(H,25,29)/b11-10-/t17-,23+/m1/s1. The van der Waals surface area contributed by atoms with Crippen LogP contribution < -0.4 is 10.6 Å². The van der Waals surface area contributed by atoms with Crippen LogP contribution in [0.2, 0.25) is 0 Å². The highest BCUT2D eigenvalue weighted by molar-refractivity contribution is 5.94. The van der Waals surface area contributed by atoms with Gasteiger partial charge in [-0.2, -0.15) is 0 Å². The molecule has 9 heteroatoms. The smallest absolute Gasteiger partial charge is 0.408 e. The second-order valence-electron chi connectivity index (χ2n) is 9.05. The molecule has 9 nitrogen and oxygen atoms in total. The highest BCUT2D eigenvalue weighted by Crippen LogP contribution is 2.25. The fraction of sp³-hybridized carbons (Fsp3) is 0.739. The van der Waals surface area contributed by atoms with Crippen LogP contribution in [-0.2, 0) is 23.9 Å². The minimum atomic E-state index is -1.19. The van der Waals surface area contributed by atoms with Crippen molar-refractivity contribution in [2.24, 2.45) is 0 Å². The van der Waals surface area contributed by atoms with Gasteiger partial charge in [0.2, 0.25) is 11.8 Å². The second kappa shape index (κ2) is 12.5. The Balaban J connectivity index is 3.07. The summed E-state index contributed by atoms with van der Waals surface area (Å²) in [5.41, 5.74) is -1.88. The summed E-state index contributed by atoms with van der Waals surface area (Å²) < 4.78 is 10.3. The maximum absolute atomic E-state index is 13.3. The number of nitrogens with one attached hydrogen (secondary N) is 2. The predicted octanol–water partition coefficient (Wildman–Crippen LogP) is 2.69. The van der Waals surface area contributed by atoms with E-state index in [0.29, 0.717) is 32.2 Å². The molecule has 2 N–H and O–H groups in total. The predicted molar refractivity (Wildman–Crippen MR) is 121 cm³/mol. The molecule has 1 aliphatic heterocycles. The molecule has 0 aromatic rings. The fourth-order valence-corrected chi connectivity index (χ4v) is 3.38. The number of allylic oxidation sites excluding steroid dienone is 1. The average molecular weight is 454 g/mol. The topological polar surface area (TPSA) is 114 Å². The van der Waals surface area contributed by atoms with E-state index in [1.54, 1.807) is 34.6 Å². The van der Waals surface area contributed by atoms with Gasteiger partial charge in [-0.3, -0.25) is 9.59 Å². The Morgan fingerprint density at radius 2 is 1.94 bits per heavy atom. The summed E-state index contributed by atoms with van der Waals surface area (Å²) in [6.07, 6.45) is 5.84. The number of carbonyl (C=O) groups is 4. The van der Waals surface area contributed by atoms with E-state index in [-0.39, 0.29) is 13.2 Å². The van der Waals surface area contributed by atoms with Crippen LogP contribution in [0.25, 0.3) is 0 Å². The molecule has 0 bridgehead atoms.